The minimum absolute atomic E-state index is 0.270. The van der Waals surface area contributed by atoms with E-state index in [0.29, 0.717) is 6.61 Å². The standard InChI is InChI=1S/C23H26N2O3S/c26-29(27,25-16-3-4-17-25)23-11-9-20(10-12-23)21-7-5-8-22(19-21)28-18-6-15-24-13-1-2-14-24/h3-5,7-12,16-17,19H,1-2,6,13-15,18H2. The Bertz CT molecular complexity index is 1020. The van der Waals surface area contributed by atoms with Gasteiger partial charge in [0.15, 0.2) is 0 Å². The Labute approximate surface area is 172 Å². The molecule has 0 amide bonds. The number of nitrogens with zero attached hydrogens (tertiary/aromatic N) is 2. The molecule has 2 aromatic carbocycles. The molecule has 3 aromatic rings. The summed E-state index contributed by atoms with van der Waals surface area (Å²) in [5.41, 5.74) is 1.96. The molecule has 1 aliphatic heterocycles. The molecule has 1 aliphatic rings. The van der Waals surface area contributed by atoms with E-state index in [1.807, 2.05) is 36.4 Å². The van der Waals surface area contributed by atoms with Crippen molar-refractivity contribution in [3.05, 3.63) is 73.1 Å². The zero-order valence-electron chi connectivity index (χ0n) is 16.4. The number of benzene rings is 2. The molecule has 0 N–H and O–H groups in total. The number of likely N-dealkylation sites (tertiary alicyclic amines) is 1. The summed E-state index contributed by atoms with van der Waals surface area (Å²) in [6.07, 6.45) is 6.72. The summed E-state index contributed by atoms with van der Waals surface area (Å²) < 4.78 is 32.3. The number of hydrogen-bond donors (Lipinski definition) is 0. The average molecular weight is 411 g/mol. The molecule has 0 bridgehead atoms. The average Bonchev–Trinajstić information content (AvgIpc) is 3.46. The molecular weight excluding hydrogens is 384 g/mol. The summed E-state index contributed by atoms with van der Waals surface area (Å²) in [5.74, 6) is 0.841. The molecular formula is C23H26N2O3S. The lowest BCUT2D eigenvalue weighted by Gasteiger charge is -2.14. The van der Waals surface area contributed by atoms with E-state index >= 15 is 0 Å². The highest BCUT2D eigenvalue weighted by atomic mass is 32.2. The van der Waals surface area contributed by atoms with E-state index in [9.17, 15) is 8.42 Å². The van der Waals surface area contributed by atoms with Crippen molar-refractivity contribution in [3.63, 3.8) is 0 Å². The Morgan fingerprint density at radius 3 is 2.31 bits per heavy atom. The summed E-state index contributed by atoms with van der Waals surface area (Å²) in [7, 11) is -3.54. The third-order valence-corrected chi connectivity index (χ3v) is 6.93. The lowest BCUT2D eigenvalue weighted by molar-refractivity contribution is 0.263. The zero-order chi connectivity index (χ0) is 20.1. The smallest absolute Gasteiger partial charge is 0.267 e. The van der Waals surface area contributed by atoms with Crippen LogP contribution in [0.1, 0.15) is 19.3 Å². The molecule has 5 nitrogen and oxygen atoms in total. The highest BCUT2D eigenvalue weighted by Gasteiger charge is 2.15. The van der Waals surface area contributed by atoms with E-state index in [1.165, 1.54) is 42.3 Å². The Hall–Kier alpha value is -2.57. The highest BCUT2D eigenvalue weighted by molar-refractivity contribution is 7.90. The molecule has 0 atom stereocenters. The minimum atomic E-state index is -3.54. The second-order valence-electron chi connectivity index (χ2n) is 7.32. The summed E-state index contributed by atoms with van der Waals surface area (Å²) in [5, 5.41) is 0. The third-order valence-electron chi connectivity index (χ3n) is 5.26. The molecule has 4 rings (SSSR count). The number of ether oxygens (including phenoxy) is 1. The van der Waals surface area contributed by atoms with Gasteiger partial charge in [0.2, 0.25) is 0 Å². The fraction of sp³-hybridized carbons (Fsp3) is 0.304. The van der Waals surface area contributed by atoms with Gasteiger partial charge in [0.05, 0.1) is 11.5 Å². The monoisotopic (exact) mass is 410 g/mol. The van der Waals surface area contributed by atoms with Crippen molar-refractivity contribution in [1.82, 2.24) is 8.87 Å². The van der Waals surface area contributed by atoms with Crippen LogP contribution in [0.3, 0.4) is 0 Å². The van der Waals surface area contributed by atoms with Gasteiger partial charge in [-0.2, -0.15) is 0 Å². The van der Waals surface area contributed by atoms with Crippen LogP contribution in [-0.4, -0.2) is 43.5 Å². The first-order chi connectivity index (χ1) is 14.1. The Kier molecular flexibility index (Phi) is 6.02. The quantitative estimate of drug-likeness (QED) is 0.521. The molecule has 1 aromatic heterocycles. The summed E-state index contributed by atoms with van der Waals surface area (Å²) in [6, 6.07) is 18.3. The maximum atomic E-state index is 12.6. The van der Waals surface area contributed by atoms with Crippen LogP contribution in [0.2, 0.25) is 0 Å². The fourth-order valence-electron chi connectivity index (χ4n) is 3.67. The fourth-order valence-corrected chi connectivity index (χ4v) is 4.85. The first kappa shape index (κ1) is 19.7. The van der Waals surface area contributed by atoms with Crippen LogP contribution < -0.4 is 4.74 Å². The lowest BCUT2D eigenvalue weighted by Crippen LogP contribution is -2.21. The van der Waals surface area contributed by atoms with Gasteiger partial charge in [-0.1, -0.05) is 24.3 Å². The van der Waals surface area contributed by atoms with Crippen LogP contribution in [0.5, 0.6) is 5.75 Å². The summed E-state index contributed by atoms with van der Waals surface area (Å²) >= 11 is 0. The van der Waals surface area contributed by atoms with E-state index in [2.05, 4.69) is 4.90 Å². The van der Waals surface area contributed by atoms with Crippen molar-refractivity contribution in [1.29, 1.82) is 0 Å². The predicted molar refractivity (Wildman–Crippen MR) is 115 cm³/mol. The van der Waals surface area contributed by atoms with E-state index in [-0.39, 0.29) is 4.90 Å². The van der Waals surface area contributed by atoms with Crippen molar-refractivity contribution in [2.75, 3.05) is 26.2 Å². The van der Waals surface area contributed by atoms with E-state index in [0.717, 1.165) is 29.8 Å². The minimum Gasteiger partial charge on any atom is -0.494 e. The molecule has 0 saturated carbocycles. The maximum Gasteiger partial charge on any atom is 0.267 e. The van der Waals surface area contributed by atoms with Gasteiger partial charge < -0.3 is 9.64 Å². The second-order valence-corrected chi connectivity index (χ2v) is 9.16. The number of rotatable bonds is 8. The van der Waals surface area contributed by atoms with Gasteiger partial charge in [-0.05, 0) is 79.9 Å². The van der Waals surface area contributed by atoms with Crippen molar-refractivity contribution >= 4 is 10.0 Å². The second kappa shape index (κ2) is 8.84. The van der Waals surface area contributed by atoms with Gasteiger partial charge in [-0.25, -0.2) is 12.4 Å². The number of aromatic nitrogens is 1. The lowest BCUT2D eigenvalue weighted by atomic mass is 10.1. The number of hydrogen-bond acceptors (Lipinski definition) is 4. The molecule has 0 radical (unpaired) electrons. The van der Waals surface area contributed by atoms with Crippen LogP contribution >= 0.6 is 0 Å². The Morgan fingerprint density at radius 2 is 1.59 bits per heavy atom. The van der Waals surface area contributed by atoms with Crippen molar-refractivity contribution in [2.24, 2.45) is 0 Å². The Morgan fingerprint density at radius 1 is 0.862 bits per heavy atom. The van der Waals surface area contributed by atoms with Gasteiger partial charge in [-0.15, -0.1) is 0 Å². The van der Waals surface area contributed by atoms with Crippen LogP contribution in [0.4, 0.5) is 0 Å². The molecule has 1 fully saturated rings. The first-order valence-corrected chi connectivity index (χ1v) is 11.5. The molecule has 29 heavy (non-hydrogen) atoms. The van der Waals surface area contributed by atoms with Crippen molar-refractivity contribution in [2.45, 2.75) is 24.2 Å². The van der Waals surface area contributed by atoms with Gasteiger partial charge in [0, 0.05) is 18.9 Å². The van der Waals surface area contributed by atoms with Gasteiger partial charge in [0.1, 0.15) is 5.75 Å². The maximum absolute atomic E-state index is 12.6. The van der Waals surface area contributed by atoms with Crippen LogP contribution in [-0.2, 0) is 10.0 Å². The molecule has 0 unspecified atom stereocenters. The van der Waals surface area contributed by atoms with E-state index < -0.39 is 10.0 Å². The largest absolute Gasteiger partial charge is 0.494 e. The molecule has 0 aliphatic carbocycles. The predicted octanol–water partition coefficient (Wildman–Crippen LogP) is 4.26. The van der Waals surface area contributed by atoms with Crippen LogP contribution in [0.15, 0.2) is 78.0 Å². The molecule has 6 heteroatoms. The zero-order valence-corrected chi connectivity index (χ0v) is 17.2. The summed E-state index contributed by atoms with van der Waals surface area (Å²) in [6.45, 7) is 4.22. The first-order valence-electron chi connectivity index (χ1n) is 10.1. The van der Waals surface area contributed by atoms with Gasteiger partial charge >= 0.3 is 0 Å². The van der Waals surface area contributed by atoms with Gasteiger partial charge in [0.25, 0.3) is 10.0 Å². The highest BCUT2D eigenvalue weighted by Crippen LogP contribution is 2.26. The summed E-state index contributed by atoms with van der Waals surface area (Å²) in [4.78, 5) is 2.76. The molecule has 1 saturated heterocycles. The van der Waals surface area contributed by atoms with Crippen LogP contribution in [0, 0.1) is 0 Å². The molecule has 0 spiro atoms. The van der Waals surface area contributed by atoms with Gasteiger partial charge in [-0.3, -0.25) is 0 Å². The molecule has 152 valence electrons. The van der Waals surface area contributed by atoms with E-state index in [1.54, 1.807) is 24.3 Å². The topological polar surface area (TPSA) is 51.5 Å². The Balaban J connectivity index is 1.40. The molecule has 2 heterocycles. The SMILES string of the molecule is O=S(=O)(c1ccc(-c2cccc(OCCCN3CCCC3)c2)cc1)n1cccc1. The van der Waals surface area contributed by atoms with Crippen molar-refractivity contribution in [3.8, 4) is 16.9 Å². The normalized spacial score (nSPS) is 14.9. The third kappa shape index (κ3) is 4.71. The van der Waals surface area contributed by atoms with Crippen LogP contribution in [0.25, 0.3) is 11.1 Å². The van der Waals surface area contributed by atoms with Crippen molar-refractivity contribution < 1.29 is 13.2 Å². The van der Waals surface area contributed by atoms with E-state index in [4.69, 9.17) is 4.74 Å².